The van der Waals surface area contributed by atoms with Crippen molar-refractivity contribution >= 4 is 11.8 Å². The lowest BCUT2D eigenvalue weighted by Crippen LogP contribution is -2.46. The maximum atomic E-state index is 13.2. The summed E-state index contributed by atoms with van der Waals surface area (Å²) in [4.78, 5) is 34.4. The van der Waals surface area contributed by atoms with Gasteiger partial charge in [-0.2, -0.15) is 0 Å². The molecule has 2 amide bonds. The summed E-state index contributed by atoms with van der Waals surface area (Å²) in [5, 5.41) is 0. The average molecular weight is 437 g/mol. The molecule has 7 nitrogen and oxygen atoms in total. The van der Waals surface area contributed by atoms with Crippen molar-refractivity contribution in [3.05, 3.63) is 53.6 Å². The lowest BCUT2D eigenvalue weighted by Gasteiger charge is -2.36. The fourth-order valence-electron chi connectivity index (χ4n) is 5.14. The predicted molar refractivity (Wildman–Crippen MR) is 120 cm³/mol. The Labute approximate surface area is 189 Å². The van der Waals surface area contributed by atoms with E-state index in [1.807, 2.05) is 32.6 Å². The van der Waals surface area contributed by atoms with Gasteiger partial charge in [0.05, 0.1) is 25.2 Å². The Morgan fingerprint density at radius 1 is 0.969 bits per heavy atom. The topological polar surface area (TPSA) is 67.7 Å². The van der Waals surface area contributed by atoms with Gasteiger partial charge in [-0.15, -0.1) is 0 Å². The van der Waals surface area contributed by atoms with Crippen LogP contribution in [0.15, 0.2) is 36.7 Å². The van der Waals surface area contributed by atoms with Crippen molar-refractivity contribution in [3.8, 4) is 0 Å². The van der Waals surface area contributed by atoms with Gasteiger partial charge in [0.25, 0.3) is 5.91 Å². The molecule has 2 fully saturated rings. The summed E-state index contributed by atoms with van der Waals surface area (Å²) in [5.41, 5.74) is 2.48. The van der Waals surface area contributed by atoms with Gasteiger partial charge >= 0.3 is 0 Å². The van der Waals surface area contributed by atoms with Crippen LogP contribution in [0.1, 0.15) is 60.5 Å². The quantitative estimate of drug-likeness (QED) is 0.741. The molecule has 170 valence electrons. The molecule has 4 heterocycles. The highest BCUT2D eigenvalue weighted by atomic mass is 16.5. The predicted octanol–water partition coefficient (Wildman–Crippen LogP) is 3.27. The van der Waals surface area contributed by atoms with Crippen molar-refractivity contribution in [1.29, 1.82) is 0 Å². The minimum atomic E-state index is -0.0433. The first-order valence-electron chi connectivity index (χ1n) is 11.9. The molecule has 1 aromatic carbocycles. The lowest BCUT2D eigenvalue weighted by molar-refractivity contribution is -0.138. The Bertz CT molecular complexity index is 957. The summed E-state index contributed by atoms with van der Waals surface area (Å²) in [6.45, 7) is 6.27. The first-order chi connectivity index (χ1) is 15.6. The van der Waals surface area contributed by atoms with E-state index in [9.17, 15) is 9.59 Å². The van der Waals surface area contributed by atoms with Crippen LogP contribution in [0.5, 0.6) is 0 Å². The zero-order chi connectivity index (χ0) is 22.1. The van der Waals surface area contributed by atoms with Gasteiger partial charge in [-0.3, -0.25) is 9.59 Å². The molecule has 0 saturated carbocycles. The average Bonchev–Trinajstić information content (AvgIpc) is 3.27. The number of nitrogens with zero attached hydrogens (tertiary/aromatic N) is 4. The Kier molecular flexibility index (Phi) is 6.00. The largest absolute Gasteiger partial charge is 0.365 e. The summed E-state index contributed by atoms with van der Waals surface area (Å²) in [6.07, 6.45) is 5.40. The molecule has 32 heavy (non-hydrogen) atoms. The van der Waals surface area contributed by atoms with Crippen LogP contribution in [0.25, 0.3) is 0 Å². The molecule has 2 aromatic rings. The molecule has 3 aliphatic rings. The molecule has 0 aliphatic carbocycles. The highest BCUT2D eigenvalue weighted by molar-refractivity contribution is 5.93. The molecule has 0 spiro atoms. The van der Waals surface area contributed by atoms with E-state index in [-0.39, 0.29) is 23.8 Å². The van der Waals surface area contributed by atoms with Gasteiger partial charge in [0, 0.05) is 32.1 Å². The van der Waals surface area contributed by atoms with Crippen LogP contribution in [-0.2, 0) is 22.7 Å². The van der Waals surface area contributed by atoms with E-state index in [4.69, 9.17) is 4.74 Å². The molecule has 1 aromatic heterocycles. The van der Waals surface area contributed by atoms with Crippen LogP contribution in [0, 0.1) is 11.8 Å². The minimum Gasteiger partial charge on any atom is -0.365 e. The Morgan fingerprint density at radius 3 is 2.38 bits per heavy atom. The van der Waals surface area contributed by atoms with Crippen molar-refractivity contribution in [1.82, 2.24) is 19.4 Å². The molecule has 0 unspecified atom stereocenters. The van der Waals surface area contributed by atoms with Crippen LogP contribution in [0.3, 0.4) is 0 Å². The van der Waals surface area contributed by atoms with Crippen molar-refractivity contribution in [2.24, 2.45) is 11.8 Å². The standard InChI is InChI=1S/C25H32N4O3/c1-18-7-11-27(12-8-18)24(30)20-9-13-28(14-10-20)25(31)23-21-16-32-22(15-29(21)17-26-23)19-5-3-2-4-6-19/h2-6,17-18,20,22H,7-16H2,1H3/t22-/m1/s1. The lowest BCUT2D eigenvalue weighted by atomic mass is 9.92. The number of ether oxygens (including phenoxy) is 1. The van der Waals surface area contributed by atoms with E-state index in [0.717, 1.165) is 50.0 Å². The van der Waals surface area contributed by atoms with Crippen molar-refractivity contribution in [2.75, 3.05) is 26.2 Å². The monoisotopic (exact) mass is 436 g/mol. The summed E-state index contributed by atoms with van der Waals surface area (Å²) >= 11 is 0. The Hall–Kier alpha value is -2.67. The maximum Gasteiger partial charge on any atom is 0.274 e. The SMILES string of the molecule is CC1CCN(C(=O)C2CCN(C(=O)c3ncn4c3CO[C@@H](c3ccccc3)C4)CC2)CC1. The van der Waals surface area contributed by atoms with Crippen LogP contribution in [-0.4, -0.2) is 57.3 Å². The number of likely N-dealkylation sites (tertiary alicyclic amines) is 2. The van der Waals surface area contributed by atoms with E-state index >= 15 is 0 Å². The fraction of sp³-hybridized carbons (Fsp3) is 0.560. The second-order valence-electron chi connectivity index (χ2n) is 9.48. The third-order valence-electron chi connectivity index (χ3n) is 7.33. The summed E-state index contributed by atoms with van der Waals surface area (Å²) in [6, 6.07) is 10.1. The number of carbonyl (C=O) groups is 2. The number of benzene rings is 1. The number of rotatable bonds is 3. The van der Waals surface area contributed by atoms with Gasteiger partial charge in [0.2, 0.25) is 5.91 Å². The first kappa shape index (κ1) is 21.2. The third kappa shape index (κ3) is 4.18. The molecule has 3 aliphatic heterocycles. The summed E-state index contributed by atoms with van der Waals surface area (Å²) < 4.78 is 8.11. The van der Waals surface area contributed by atoms with Crippen molar-refractivity contribution in [3.63, 3.8) is 0 Å². The minimum absolute atomic E-state index is 0.0274. The number of aromatic nitrogens is 2. The highest BCUT2D eigenvalue weighted by Crippen LogP contribution is 2.29. The second-order valence-corrected chi connectivity index (χ2v) is 9.48. The maximum absolute atomic E-state index is 13.2. The number of fused-ring (bicyclic) bond motifs is 1. The molecule has 0 N–H and O–H groups in total. The van der Waals surface area contributed by atoms with E-state index in [0.29, 0.717) is 37.9 Å². The summed E-state index contributed by atoms with van der Waals surface area (Å²) in [7, 11) is 0. The van der Waals surface area contributed by atoms with Gasteiger partial charge < -0.3 is 19.1 Å². The van der Waals surface area contributed by atoms with Crippen LogP contribution in [0.4, 0.5) is 0 Å². The smallest absolute Gasteiger partial charge is 0.274 e. The van der Waals surface area contributed by atoms with Gasteiger partial charge in [-0.05, 0) is 37.2 Å². The molecular formula is C25H32N4O3. The number of carbonyl (C=O) groups excluding carboxylic acids is 2. The number of hydrogen-bond donors (Lipinski definition) is 0. The van der Waals surface area contributed by atoms with E-state index in [2.05, 4.69) is 24.0 Å². The number of piperidine rings is 2. The van der Waals surface area contributed by atoms with Crippen LogP contribution >= 0.6 is 0 Å². The van der Waals surface area contributed by atoms with Gasteiger partial charge in [0.1, 0.15) is 6.10 Å². The van der Waals surface area contributed by atoms with Crippen molar-refractivity contribution in [2.45, 2.75) is 51.9 Å². The molecule has 0 bridgehead atoms. The van der Waals surface area contributed by atoms with Crippen LogP contribution < -0.4 is 0 Å². The Balaban J connectivity index is 1.19. The second kappa shape index (κ2) is 9.06. The zero-order valence-corrected chi connectivity index (χ0v) is 18.8. The van der Waals surface area contributed by atoms with Gasteiger partial charge in [-0.25, -0.2) is 4.98 Å². The van der Waals surface area contributed by atoms with E-state index in [1.165, 1.54) is 0 Å². The molecule has 5 rings (SSSR count). The number of amides is 2. The third-order valence-corrected chi connectivity index (χ3v) is 7.33. The molecular weight excluding hydrogens is 404 g/mol. The van der Waals surface area contributed by atoms with Crippen molar-refractivity contribution < 1.29 is 14.3 Å². The number of hydrogen-bond acceptors (Lipinski definition) is 4. The van der Waals surface area contributed by atoms with E-state index in [1.54, 1.807) is 6.33 Å². The molecule has 1 atom stereocenters. The fourth-order valence-corrected chi connectivity index (χ4v) is 5.14. The van der Waals surface area contributed by atoms with E-state index < -0.39 is 0 Å². The highest BCUT2D eigenvalue weighted by Gasteiger charge is 2.34. The molecule has 7 heteroatoms. The number of imidazole rings is 1. The first-order valence-corrected chi connectivity index (χ1v) is 11.9. The van der Waals surface area contributed by atoms with Gasteiger partial charge in [0.15, 0.2) is 5.69 Å². The normalized spacial score (nSPS) is 22.6. The van der Waals surface area contributed by atoms with Gasteiger partial charge in [-0.1, -0.05) is 37.3 Å². The zero-order valence-electron chi connectivity index (χ0n) is 18.8. The molecule has 0 radical (unpaired) electrons. The molecule has 2 saturated heterocycles. The summed E-state index contributed by atoms with van der Waals surface area (Å²) in [5.74, 6) is 0.992. The Morgan fingerprint density at radius 2 is 1.66 bits per heavy atom. The van der Waals surface area contributed by atoms with Crippen LogP contribution in [0.2, 0.25) is 0 Å².